The summed E-state index contributed by atoms with van der Waals surface area (Å²) in [6.45, 7) is 2.07. The molecule has 1 aliphatic rings. The Morgan fingerprint density at radius 1 is 1.47 bits per heavy atom. The van der Waals surface area contributed by atoms with Crippen molar-refractivity contribution in [3.8, 4) is 0 Å². The molecule has 0 aromatic carbocycles. The van der Waals surface area contributed by atoms with Crippen molar-refractivity contribution in [1.29, 1.82) is 0 Å². The summed E-state index contributed by atoms with van der Waals surface area (Å²) in [5.41, 5.74) is 0.0387. The zero-order valence-electron chi connectivity index (χ0n) is 11.4. The topological polar surface area (TPSA) is 42.0 Å². The van der Waals surface area contributed by atoms with Gasteiger partial charge in [0.1, 0.15) is 0 Å². The minimum absolute atomic E-state index is 0.0387. The molecule has 19 heavy (non-hydrogen) atoms. The maximum Gasteiger partial charge on any atom is 0.256 e. The molecule has 0 saturated heterocycles. The number of hydrogen-bond donors (Lipinski definition) is 1. The normalized spacial score (nSPS) is 18.0. The highest BCUT2D eigenvalue weighted by Gasteiger charge is 2.24. The van der Waals surface area contributed by atoms with Crippen LogP contribution in [0.3, 0.4) is 0 Å². The Labute approximate surface area is 113 Å². The van der Waals surface area contributed by atoms with Crippen LogP contribution in [0.25, 0.3) is 0 Å². The van der Waals surface area contributed by atoms with E-state index in [1.807, 2.05) is 0 Å². The fraction of sp³-hybridized carbons (Fsp3) is 0.600. The third-order valence-corrected chi connectivity index (χ3v) is 3.98. The van der Waals surface area contributed by atoms with Gasteiger partial charge in [-0.05, 0) is 37.3 Å². The standard InChI is InChI=1S/C15H21FN2O/c1-2-13(11-7-4-3-5-8-11)18-15(19)12-9-6-10-17-14(12)16/h6,9-11,13H,2-5,7-8H2,1H3,(H,18,19). The van der Waals surface area contributed by atoms with Crippen LogP contribution in [-0.4, -0.2) is 16.9 Å². The van der Waals surface area contributed by atoms with E-state index in [1.165, 1.54) is 31.5 Å². The van der Waals surface area contributed by atoms with E-state index in [0.717, 1.165) is 19.3 Å². The van der Waals surface area contributed by atoms with Gasteiger partial charge in [0.25, 0.3) is 5.91 Å². The van der Waals surface area contributed by atoms with E-state index in [9.17, 15) is 9.18 Å². The SMILES string of the molecule is CCC(NC(=O)c1cccnc1F)C1CCCCC1. The largest absolute Gasteiger partial charge is 0.349 e. The minimum Gasteiger partial charge on any atom is -0.349 e. The third-order valence-electron chi connectivity index (χ3n) is 3.98. The molecule has 1 N–H and O–H groups in total. The predicted molar refractivity (Wildman–Crippen MR) is 72.3 cm³/mol. The highest BCUT2D eigenvalue weighted by molar-refractivity contribution is 5.94. The molecule has 0 aliphatic heterocycles. The Kier molecular flexibility index (Phi) is 4.88. The first-order valence-electron chi connectivity index (χ1n) is 7.13. The third kappa shape index (κ3) is 3.52. The number of nitrogens with one attached hydrogen (secondary N) is 1. The van der Waals surface area contributed by atoms with E-state index >= 15 is 0 Å². The van der Waals surface area contributed by atoms with Gasteiger partial charge in [-0.15, -0.1) is 0 Å². The molecule has 1 aromatic heterocycles. The number of aromatic nitrogens is 1. The monoisotopic (exact) mass is 264 g/mol. The molecule has 2 rings (SSSR count). The average Bonchev–Trinajstić information content (AvgIpc) is 2.46. The van der Waals surface area contributed by atoms with Crippen LogP contribution in [0.4, 0.5) is 4.39 Å². The molecule has 1 heterocycles. The van der Waals surface area contributed by atoms with E-state index in [2.05, 4.69) is 17.2 Å². The first-order chi connectivity index (χ1) is 9.22. The van der Waals surface area contributed by atoms with Gasteiger partial charge in [-0.3, -0.25) is 4.79 Å². The molecule has 0 spiro atoms. The van der Waals surface area contributed by atoms with Crippen LogP contribution in [0.1, 0.15) is 55.8 Å². The summed E-state index contributed by atoms with van der Waals surface area (Å²) in [6, 6.07) is 3.21. The lowest BCUT2D eigenvalue weighted by molar-refractivity contribution is 0.0906. The van der Waals surface area contributed by atoms with Crippen molar-refractivity contribution in [2.45, 2.75) is 51.5 Å². The van der Waals surface area contributed by atoms with Crippen molar-refractivity contribution in [3.05, 3.63) is 29.8 Å². The summed E-state index contributed by atoms with van der Waals surface area (Å²) < 4.78 is 13.5. The van der Waals surface area contributed by atoms with Crippen molar-refractivity contribution in [2.75, 3.05) is 0 Å². The van der Waals surface area contributed by atoms with Crippen LogP contribution in [-0.2, 0) is 0 Å². The molecule has 1 fully saturated rings. The number of carbonyl (C=O) groups excluding carboxylic acids is 1. The van der Waals surface area contributed by atoms with Crippen LogP contribution in [0.15, 0.2) is 18.3 Å². The summed E-state index contributed by atoms with van der Waals surface area (Å²) in [5.74, 6) is -0.510. The lowest BCUT2D eigenvalue weighted by Crippen LogP contribution is -2.41. The molecular formula is C15H21FN2O. The molecule has 0 radical (unpaired) electrons. The first-order valence-corrected chi connectivity index (χ1v) is 7.13. The molecule has 0 bridgehead atoms. The van der Waals surface area contributed by atoms with Gasteiger partial charge in [-0.2, -0.15) is 4.39 Å². The van der Waals surface area contributed by atoms with Gasteiger partial charge in [0.05, 0.1) is 5.56 Å². The molecular weight excluding hydrogens is 243 g/mol. The predicted octanol–water partition coefficient (Wildman–Crippen LogP) is 3.31. The molecule has 3 nitrogen and oxygen atoms in total. The van der Waals surface area contributed by atoms with E-state index < -0.39 is 5.95 Å². The van der Waals surface area contributed by atoms with Gasteiger partial charge in [0.15, 0.2) is 0 Å². The maximum atomic E-state index is 13.5. The number of rotatable bonds is 4. The molecule has 1 amide bonds. The summed E-state index contributed by atoms with van der Waals surface area (Å²) >= 11 is 0. The van der Waals surface area contributed by atoms with Crippen LogP contribution < -0.4 is 5.32 Å². The van der Waals surface area contributed by atoms with E-state index in [0.29, 0.717) is 5.92 Å². The number of nitrogens with zero attached hydrogens (tertiary/aromatic N) is 1. The number of carbonyl (C=O) groups is 1. The van der Waals surface area contributed by atoms with Gasteiger partial charge in [-0.25, -0.2) is 4.98 Å². The first kappa shape index (κ1) is 14.0. The maximum absolute atomic E-state index is 13.5. The zero-order valence-corrected chi connectivity index (χ0v) is 11.4. The summed E-state index contributed by atoms with van der Waals surface area (Å²) in [6.07, 6.45) is 8.32. The molecule has 4 heteroatoms. The van der Waals surface area contributed by atoms with Gasteiger partial charge >= 0.3 is 0 Å². The number of halogens is 1. The molecule has 104 valence electrons. The van der Waals surface area contributed by atoms with Crippen molar-refractivity contribution < 1.29 is 9.18 Å². The number of hydrogen-bond acceptors (Lipinski definition) is 2. The lowest BCUT2D eigenvalue weighted by atomic mass is 9.83. The molecule has 1 aliphatic carbocycles. The minimum atomic E-state index is -0.696. The Bertz CT molecular complexity index is 430. The van der Waals surface area contributed by atoms with Crippen molar-refractivity contribution in [1.82, 2.24) is 10.3 Å². The Balaban J connectivity index is 2.01. The quantitative estimate of drug-likeness (QED) is 0.848. The van der Waals surface area contributed by atoms with Crippen LogP contribution >= 0.6 is 0 Å². The molecule has 1 aromatic rings. The summed E-state index contributed by atoms with van der Waals surface area (Å²) in [5, 5.41) is 2.97. The zero-order chi connectivity index (χ0) is 13.7. The van der Waals surface area contributed by atoms with Crippen molar-refractivity contribution >= 4 is 5.91 Å². The lowest BCUT2D eigenvalue weighted by Gasteiger charge is -2.30. The van der Waals surface area contributed by atoms with E-state index in [4.69, 9.17) is 0 Å². The molecule has 1 saturated carbocycles. The number of pyridine rings is 1. The van der Waals surface area contributed by atoms with Crippen molar-refractivity contribution in [2.24, 2.45) is 5.92 Å². The second-order valence-corrected chi connectivity index (χ2v) is 5.23. The summed E-state index contributed by atoms with van der Waals surface area (Å²) in [7, 11) is 0. The molecule has 1 unspecified atom stereocenters. The average molecular weight is 264 g/mol. The highest BCUT2D eigenvalue weighted by atomic mass is 19.1. The van der Waals surface area contributed by atoms with Gasteiger partial charge < -0.3 is 5.32 Å². The van der Waals surface area contributed by atoms with E-state index in [-0.39, 0.29) is 17.5 Å². The van der Waals surface area contributed by atoms with Gasteiger partial charge in [-0.1, -0.05) is 26.2 Å². The smallest absolute Gasteiger partial charge is 0.256 e. The second kappa shape index (κ2) is 6.64. The van der Waals surface area contributed by atoms with Gasteiger partial charge in [0.2, 0.25) is 5.95 Å². The highest BCUT2D eigenvalue weighted by Crippen LogP contribution is 2.27. The Hall–Kier alpha value is -1.45. The van der Waals surface area contributed by atoms with E-state index in [1.54, 1.807) is 6.07 Å². The second-order valence-electron chi connectivity index (χ2n) is 5.23. The fourth-order valence-corrected chi connectivity index (χ4v) is 2.89. The fourth-order valence-electron chi connectivity index (χ4n) is 2.89. The van der Waals surface area contributed by atoms with Crippen LogP contribution in [0.5, 0.6) is 0 Å². The van der Waals surface area contributed by atoms with Crippen molar-refractivity contribution in [3.63, 3.8) is 0 Å². The Morgan fingerprint density at radius 3 is 2.84 bits per heavy atom. The molecule has 1 atom stereocenters. The van der Waals surface area contributed by atoms with Crippen LogP contribution in [0, 0.1) is 11.9 Å². The Morgan fingerprint density at radius 2 is 2.21 bits per heavy atom. The number of amides is 1. The summed E-state index contributed by atoms with van der Waals surface area (Å²) in [4.78, 5) is 15.6. The van der Waals surface area contributed by atoms with Crippen LogP contribution in [0.2, 0.25) is 0 Å². The van der Waals surface area contributed by atoms with Gasteiger partial charge in [0, 0.05) is 12.2 Å².